The molecule has 0 radical (unpaired) electrons. The maximum atomic E-state index is 12.7. The van der Waals surface area contributed by atoms with Crippen LogP contribution in [0.5, 0.6) is 0 Å². The van der Waals surface area contributed by atoms with Crippen molar-refractivity contribution in [3.63, 3.8) is 0 Å². The molecule has 1 atom stereocenters. The molecule has 3 aromatic rings. The molecule has 0 spiro atoms. The van der Waals surface area contributed by atoms with E-state index in [1.807, 2.05) is 41.3 Å². The topological polar surface area (TPSA) is 71.6 Å². The largest absolute Gasteiger partial charge is 0.333 e. The monoisotopic (exact) mass is 322 g/mol. The van der Waals surface area contributed by atoms with Gasteiger partial charge in [-0.1, -0.05) is 18.2 Å². The van der Waals surface area contributed by atoms with Gasteiger partial charge in [0.2, 0.25) is 0 Å². The highest BCUT2D eigenvalue weighted by Gasteiger charge is 2.24. The third kappa shape index (κ3) is 3.35. The van der Waals surface area contributed by atoms with Crippen molar-refractivity contribution in [2.75, 3.05) is 0 Å². The van der Waals surface area contributed by atoms with Crippen LogP contribution in [0.4, 0.5) is 0 Å². The molecule has 0 saturated heterocycles. The summed E-state index contributed by atoms with van der Waals surface area (Å²) < 4.78 is 1.93. The van der Waals surface area contributed by atoms with Crippen molar-refractivity contribution in [3.8, 4) is 6.07 Å². The second kappa shape index (κ2) is 6.55. The van der Waals surface area contributed by atoms with E-state index < -0.39 is 5.92 Å². The van der Waals surface area contributed by atoms with Crippen LogP contribution >= 0.6 is 11.3 Å². The molecule has 0 N–H and O–H groups in total. The van der Waals surface area contributed by atoms with Crippen LogP contribution in [0.3, 0.4) is 0 Å². The van der Waals surface area contributed by atoms with Crippen molar-refractivity contribution < 1.29 is 4.79 Å². The van der Waals surface area contributed by atoms with Crippen molar-refractivity contribution >= 4 is 17.1 Å². The van der Waals surface area contributed by atoms with E-state index in [4.69, 9.17) is 0 Å². The smallest absolute Gasteiger partial charge is 0.186 e. The highest BCUT2D eigenvalue weighted by Crippen LogP contribution is 2.24. The van der Waals surface area contributed by atoms with E-state index >= 15 is 0 Å². The number of thiazole rings is 1. The van der Waals surface area contributed by atoms with Gasteiger partial charge in [0, 0.05) is 35.6 Å². The summed E-state index contributed by atoms with van der Waals surface area (Å²) in [5.74, 6) is -1.06. The molecule has 0 aliphatic carbocycles. The third-order valence-corrected chi connectivity index (χ3v) is 4.44. The number of imidazole rings is 1. The first-order valence-corrected chi connectivity index (χ1v) is 7.96. The molecule has 5 nitrogen and oxygen atoms in total. The molecule has 114 valence electrons. The fraction of sp³-hybridized carbons (Fsp3) is 0.176. The van der Waals surface area contributed by atoms with Crippen molar-refractivity contribution in [1.29, 1.82) is 5.26 Å². The highest BCUT2D eigenvalue weighted by molar-refractivity contribution is 7.10. The van der Waals surface area contributed by atoms with Crippen LogP contribution in [0.2, 0.25) is 0 Å². The average molecular weight is 322 g/mol. The third-order valence-electron chi connectivity index (χ3n) is 3.41. The van der Waals surface area contributed by atoms with Crippen LogP contribution < -0.4 is 0 Å². The molecule has 0 aliphatic heterocycles. The van der Waals surface area contributed by atoms with Crippen LogP contribution in [0.1, 0.15) is 32.5 Å². The number of ketones is 1. The summed E-state index contributed by atoms with van der Waals surface area (Å²) in [6.07, 6.45) is 5.31. The normalized spacial score (nSPS) is 11.8. The Hall–Kier alpha value is -2.78. The molecule has 0 aliphatic rings. The van der Waals surface area contributed by atoms with Gasteiger partial charge in [0.05, 0.1) is 12.4 Å². The molecule has 0 fully saturated rings. The lowest BCUT2D eigenvalue weighted by molar-refractivity contribution is 0.0978. The molecule has 0 saturated carbocycles. The molecule has 6 heteroatoms. The van der Waals surface area contributed by atoms with E-state index in [9.17, 15) is 10.1 Å². The first kappa shape index (κ1) is 15.1. The van der Waals surface area contributed by atoms with E-state index in [2.05, 4.69) is 16.0 Å². The van der Waals surface area contributed by atoms with E-state index in [1.165, 1.54) is 11.3 Å². The lowest BCUT2D eigenvalue weighted by Gasteiger charge is -2.08. The molecule has 0 amide bonds. The highest BCUT2D eigenvalue weighted by atomic mass is 32.1. The molecule has 0 bridgehead atoms. The molecule has 23 heavy (non-hydrogen) atoms. The Morgan fingerprint density at radius 3 is 3.00 bits per heavy atom. The fourth-order valence-corrected chi connectivity index (χ4v) is 3.15. The van der Waals surface area contributed by atoms with Gasteiger partial charge in [-0.25, -0.2) is 9.97 Å². The summed E-state index contributed by atoms with van der Waals surface area (Å²) in [6, 6.07) is 9.43. The molecule has 2 aromatic heterocycles. The second-order valence-electron chi connectivity index (χ2n) is 5.19. The summed E-state index contributed by atoms with van der Waals surface area (Å²) >= 11 is 1.35. The molecule has 0 unspecified atom stereocenters. The van der Waals surface area contributed by atoms with Gasteiger partial charge in [-0.05, 0) is 18.6 Å². The van der Waals surface area contributed by atoms with Gasteiger partial charge < -0.3 is 4.57 Å². The summed E-state index contributed by atoms with van der Waals surface area (Å²) in [7, 11) is 0. The number of nitrogens with zero attached hydrogens (tertiary/aromatic N) is 4. The van der Waals surface area contributed by atoms with Crippen LogP contribution in [0, 0.1) is 18.3 Å². The van der Waals surface area contributed by atoms with E-state index in [0.717, 1.165) is 11.3 Å². The average Bonchev–Trinajstić information content (AvgIpc) is 3.20. The van der Waals surface area contributed by atoms with Crippen LogP contribution in [-0.2, 0) is 6.54 Å². The Kier molecular flexibility index (Phi) is 4.31. The van der Waals surface area contributed by atoms with Gasteiger partial charge in [-0.3, -0.25) is 4.79 Å². The summed E-state index contributed by atoms with van der Waals surface area (Å²) in [5.41, 5.74) is 2.34. The number of aromatic nitrogens is 3. The SMILES string of the molecule is Cc1csc([C@H](C#N)C(=O)c2cccc(Cn3ccnc3)c2)n1. The summed E-state index contributed by atoms with van der Waals surface area (Å²) in [4.78, 5) is 20.9. The molecule has 3 rings (SSSR count). The summed E-state index contributed by atoms with van der Waals surface area (Å²) in [6.45, 7) is 2.49. The predicted molar refractivity (Wildman–Crippen MR) is 87.3 cm³/mol. The van der Waals surface area contributed by atoms with Crippen molar-refractivity contribution in [3.05, 3.63) is 70.2 Å². The number of hydrogen-bond donors (Lipinski definition) is 0. The Labute approximate surface area is 137 Å². The number of rotatable bonds is 5. The number of carbonyl (C=O) groups excluding carboxylic acids is 1. The number of benzene rings is 1. The Morgan fingerprint density at radius 1 is 1.48 bits per heavy atom. The van der Waals surface area contributed by atoms with E-state index in [-0.39, 0.29) is 5.78 Å². The van der Waals surface area contributed by atoms with Gasteiger partial charge in [-0.15, -0.1) is 11.3 Å². The zero-order chi connectivity index (χ0) is 16.2. The molecular weight excluding hydrogens is 308 g/mol. The Balaban J connectivity index is 1.85. The van der Waals surface area contributed by atoms with Crippen LogP contribution in [-0.4, -0.2) is 20.3 Å². The zero-order valence-electron chi connectivity index (χ0n) is 12.5. The number of nitriles is 1. The molecule has 2 heterocycles. The number of carbonyl (C=O) groups is 1. The number of Topliss-reactive ketones (excluding diaryl/α,β-unsaturated/α-hetero) is 1. The molecule has 1 aromatic carbocycles. The quantitative estimate of drug-likeness (QED) is 0.676. The second-order valence-corrected chi connectivity index (χ2v) is 6.08. The summed E-state index contributed by atoms with van der Waals surface area (Å²) in [5, 5.41) is 11.8. The van der Waals surface area contributed by atoms with E-state index in [0.29, 0.717) is 17.1 Å². The van der Waals surface area contributed by atoms with Gasteiger partial charge in [0.15, 0.2) is 11.7 Å². The van der Waals surface area contributed by atoms with Crippen molar-refractivity contribution in [2.45, 2.75) is 19.4 Å². The van der Waals surface area contributed by atoms with Crippen LogP contribution in [0.25, 0.3) is 0 Å². The van der Waals surface area contributed by atoms with Crippen LogP contribution in [0.15, 0.2) is 48.4 Å². The number of aryl methyl sites for hydroxylation is 1. The maximum Gasteiger partial charge on any atom is 0.186 e. The fourth-order valence-electron chi connectivity index (χ4n) is 2.31. The van der Waals surface area contributed by atoms with Crippen molar-refractivity contribution in [1.82, 2.24) is 14.5 Å². The standard InChI is InChI=1S/C17H14N4OS/c1-12-10-23-17(20-12)15(8-18)16(22)14-4-2-3-13(7-14)9-21-6-5-19-11-21/h2-7,10-11,15H,9H2,1H3/t15-/m1/s1. The minimum atomic E-state index is -0.850. The lowest BCUT2D eigenvalue weighted by atomic mass is 9.98. The first-order valence-electron chi connectivity index (χ1n) is 7.08. The van der Waals surface area contributed by atoms with Gasteiger partial charge in [0.1, 0.15) is 5.01 Å². The molecular formula is C17H14N4OS. The van der Waals surface area contributed by atoms with Gasteiger partial charge >= 0.3 is 0 Å². The lowest BCUT2D eigenvalue weighted by Crippen LogP contribution is -2.11. The minimum absolute atomic E-state index is 0.214. The minimum Gasteiger partial charge on any atom is -0.333 e. The zero-order valence-corrected chi connectivity index (χ0v) is 13.3. The first-order chi connectivity index (χ1) is 11.2. The van der Waals surface area contributed by atoms with Gasteiger partial charge in [0.25, 0.3) is 0 Å². The maximum absolute atomic E-state index is 12.7. The Bertz CT molecular complexity index is 861. The number of hydrogen-bond acceptors (Lipinski definition) is 5. The van der Waals surface area contributed by atoms with E-state index in [1.54, 1.807) is 18.6 Å². The predicted octanol–water partition coefficient (Wildman–Crippen LogP) is 3.19. The van der Waals surface area contributed by atoms with Gasteiger partial charge in [-0.2, -0.15) is 5.26 Å². The van der Waals surface area contributed by atoms with Crippen molar-refractivity contribution in [2.24, 2.45) is 0 Å². The Morgan fingerprint density at radius 2 is 2.35 bits per heavy atom.